The molecule has 28 heavy (non-hydrogen) atoms. The molecule has 0 bridgehead atoms. The van der Waals surface area contributed by atoms with Crippen LogP contribution in [0.15, 0.2) is 54.7 Å². The van der Waals surface area contributed by atoms with Gasteiger partial charge in [-0.05, 0) is 61.4 Å². The molecule has 1 aromatic heterocycles. The van der Waals surface area contributed by atoms with Gasteiger partial charge in [0.25, 0.3) is 5.82 Å². The third-order valence-electron chi connectivity index (χ3n) is 4.89. The Labute approximate surface area is 173 Å². The number of halogens is 3. The average molecular weight is 451 g/mol. The fourth-order valence-corrected chi connectivity index (χ4v) is 3.60. The Kier molecular flexibility index (Phi) is 6.34. The highest BCUT2D eigenvalue weighted by atomic mass is 79.9. The Hall–Kier alpha value is -2.41. The van der Waals surface area contributed by atoms with Gasteiger partial charge in [-0.1, -0.05) is 0 Å². The van der Waals surface area contributed by atoms with Gasteiger partial charge >= 0.3 is 6.61 Å². The number of hydrogen-bond donors (Lipinski definition) is 0. The Morgan fingerprint density at radius 3 is 2.29 bits per heavy atom. The molecular weight excluding hydrogens is 430 g/mol. The molecule has 0 radical (unpaired) electrons. The second kappa shape index (κ2) is 8.73. The van der Waals surface area contributed by atoms with Gasteiger partial charge in [-0.15, -0.1) is 0 Å². The van der Waals surface area contributed by atoms with Crippen LogP contribution in [0.1, 0.15) is 18.7 Å². The maximum absolute atomic E-state index is 12.4. The van der Waals surface area contributed by atoms with E-state index in [1.807, 2.05) is 36.4 Å². The molecule has 0 saturated carbocycles. The van der Waals surface area contributed by atoms with E-state index in [9.17, 15) is 8.78 Å². The second-order valence-corrected chi connectivity index (χ2v) is 6.51. The van der Waals surface area contributed by atoms with E-state index in [1.54, 1.807) is 19.2 Å². The number of fused-ring (bicyclic) bond motifs is 1. The molecule has 0 atom stereocenters. The SMILES string of the molecule is COc1ccc(-n2cc(-c3ccc(OC(F)F)cc3)[n+]3c2CCCC3)cc1.[Br-]. The largest absolute Gasteiger partial charge is 1.00 e. The van der Waals surface area contributed by atoms with E-state index in [0.717, 1.165) is 48.5 Å². The summed E-state index contributed by atoms with van der Waals surface area (Å²) in [4.78, 5) is 0. The van der Waals surface area contributed by atoms with Gasteiger partial charge in [0.1, 0.15) is 23.4 Å². The highest BCUT2D eigenvalue weighted by molar-refractivity contribution is 5.58. The molecule has 4 rings (SSSR count). The molecule has 0 fully saturated rings. The number of imidazole rings is 1. The van der Waals surface area contributed by atoms with Crippen molar-refractivity contribution >= 4 is 0 Å². The zero-order valence-electron chi connectivity index (χ0n) is 15.4. The minimum Gasteiger partial charge on any atom is -1.00 e. The second-order valence-electron chi connectivity index (χ2n) is 6.51. The minimum absolute atomic E-state index is 0. The molecule has 0 saturated heterocycles. The number of rotatable bonds is 5. The third-order valence-corrected chi connectivity index (χ3v) is 4.89. The van der Waals surface area contributed by atoms with Crippen LogP contribution >= 0.6 is 0 Å². The van der Waals surface area contributed by atoms with Crippen molar-refractivity contribution in [3.05, 3.63) is 60.6 Å². The first kappa shape index (κ1) is 20.3. The van der Waals surface area contributed by atoms with Crippen LogP contribution in [0.5, 0.6) is 11.5 Å². The summed E-state index contributed by atoms with van der Waals surface area (Å²) >= 11 is 0. The number of hydrogen-bond acceptors (Lipinski definition) is 2. The monoisotopic (exact) mass is 450 g/mol. The molecule has 2 aromatic carbocycles. The minimum atomic E-state index is -2.81. The van der Waals surface area contributed by atoms with E-state index in [2.05, 4.69) is 20.1 Å². The van der Waals surface area contributed by atoms with Crippen LogP contribution in [0, 0.1) is 0 Å². The van der Waals surface area contributed by atoms with Crippen LogP contribution in [0.4, 0.5) is 8.78 Å². The maximum atomic E-state index is 12.4. The first-order chi connectivity index (χ1) is 13.2. The molecule has 0 aliphatic carbocycles. The molecule has 0 N–H and O–H groups in total. The van der Waals surface area contributed by atoms with Crippen molar-refractivity contribution < 1.29 is 39.8 Å². The lowest BCUT2D eigenvalue weighted by molar-refractivity contribution is -0.698. The van der Waals surface area contributed by atoms with Crippen molar-refractivity contribution in [1.29, 1.82) is 0 Å². The predicted octanol–water partition coefficient (Wildman–Crippen LogP) is 1.38. The fourth-order valence-electron chi connectivity index (χ4n) is 3.60. The summed E-state index contributed by atoms with van der Waals surface area (Å²) in [5, 5.41) is 0. The van der Waals surface area contributed by atoms with Crippen molar-refractivity contribution in [3.63, 3.8) is 0 Å². The predicted molar refractivity (Wildman–Crippen MR) is 97.5 cm³/mol. The summed E-state index contributed by atoms with van der Waals surface area (Å²) in [6.45, 7) is -1.86. The summed E-state index contributed by atoms with van der Waals surface area (Å²) in [6.07, 6.45) is 5.40. The fraction of sp³-hybridized carbons (Fsp3) is 0.286. The number of methoxy groups -OCH3 is 1. The zero-order valence-corrected chi connectivity index (χ0v) is 17.0. The standard InChI is InChI=1S/C21H21F2N2O2.BrH/c1-26-17-11-7-16(8-12-17)25-14-19(24-13-3-2-4-20(24)25)15-5-9-18(10-6-15)27-21(22)23;/h5-12,14,21H,2-4,13H2,1H3;1H/q+1;/p-1. The van der Waals surface area contributed by atoms with Crippen molar-refractivity contribution in [2.24, 2.45) is 0 Å². The number of benzene rings is 2. The van der Waals surface area contributed by atoms with Crippen LogP contribution in [-0.4, -0.2) is 18.3 Å². The van der Waals surface area contributed by atoms with E-state index in [0.29, 0.717) is 0 Å². The zero-order chi connectivity index (χ0) is 18.8. The highest BCUT2D eigenvalue weighted by Crippen LogP contribution is 2.26. The number of nitrogens with zero attached hydrogens (tertiary/aromatic N) is 2. The Bertz CT molecular complexity index is 925. The molecular formula is C21H21BrF2N2O2. The molecule has 148 valence electrons. The molecule has 0 amide bonds. The average Bonchev–Trinajstić information content (AvgIpc) is 3.08. The molecule has 3 aromatic rings. The topological polar surface area (TPSA) is 27.3 Å². The van der Waals surface area contributed by atoms with Crippen LogP contribution < -0.4 is 31.0 Å². The summed E-state index contributed by atoms with van der Waals surface area (Å²) in [5.74, 6) is 2.23. The first-order valence-corrected chi connectivity index (χ1v) is 8.99. The Balaban J connectivity index is 0.00000225. The van der Waals surface area contributed by atoms with Crippen LogP contribution in [0.2, 0.25) is 0 Å². The summed E-state index contributed by atoms with van der Waals surface area (Å²) in [6, 6.07) is 14.8. The van der Waals surface area contributed by atoms with Crippen molar-refractivity contribution in [3.8, 4) is 28.4 Å². The Morgan fingerprint density at radius 1 is 0.964 bits per heavy atom. The molecule has 2 heterocycles. The lowest BCUT2D eigenvalue weighted by atomic mass is 10.1. The molecule has 4 nitrogen and oxygen atoms in total. The molecule has 7 heteroatoms. The maximum Gasteiger partial charge on any atom is 0.387 e. The molecule has 1 aliphatic rings. The van der Waals surface area contributed by atoms with Gasteiger partial charge in [0.15, 0.2) is 5.69 Å². The van der Waals surface area contributed by atoms with Gasteiger partial charge in [0.2, 0.25) is 0 Å². The Morgan fingerprint density at radius 2 is 1.64 bits per heavy atom. The number of aromatic nitrogens is 2. The van der Waals surface area contributed by atoms with Gasteiger partial charge in [0, 0.05) is 12.0 Å². The molecule has 0 unspecified atom stereocenters. The van der Waals surface area contributed by atoms with Crippen LogP contribution in [0.25, 0.3) is 16.9 Å². The van der Waals surface area contributed by atoms with Crippen LogP contribution in [0.3, 0.4) is 0 Å². The summed E-state index contributed by atoms with van der Waals surface area (Å²) in [7, 11) is 1.65. The number of alkyl halides is 2. The van der Waals surface area contributed by atoms with E-state index < -0.39 is 6.61 Å². The third kappa shape index (κ3) is 4.04. The highest BCUT2D eigenvalue weighted by Gasteiger charge is 2.27. The van der Waals surface area contributed by atoms with E-state index in [-0.39, 0.29) is 22.7 Å². The van der Waals surface area contributed by atoms with Gasteiger partial charge in [0.05, 0.1) is 13.7 Å². The normalized spacial score (nSPS) is 13.0. The van der Waals surface area contributed by atoms with Crippen LogP contribution in [-0.2, 0) is 13.0 Å². The molecule has 0 spiro atoms. The van der Waals surface area contributed by atoms with E-state index in [4.69, 9.17) is 4.74 Å². The summed E-state index contributed by atoms with van der Waals surface area (Å²) < 4.78 is 39.0. The van der Waals surface area contributed by atoms with E-state index in [1.165, 1.54) is 5.82 Å². The lowest BCUT2D eigenvalue weighted by Gasteiger charge is -2.11. The van der Waals surface area contributed by atoms with Gasteiger partial charge in [-0.2, -0.15) is 13.3 Å². The number of ether oxygens (including phenoxy) is 2. The molecule has 1 aliphatic heterocycles. The van der Waals surface area contributed by atoms with Crippen molar-refractivity contribution in [1.82, 2.24) is 4.57 Å². The summed E-state index contributed by atoms with van der Waals surface area (Å²) in [5.41, 5.74) is 3.13. The van der Waals surface area contributed by atoms with Gasteiger partial charge in [-0.3, -0.25) is 0 Å². The van der Waals surface area contributed by atoms with Crippen molar-refractivity contribution in [2.75, 3.05) is 7.11 Å². The van der Waals surface area contributed by atoms with Gasteiger partial charge in [-0.25, -0.2) is 4.57 Å². The van der Waals surface area contributed by atoms with E-state index >= 15 is 0 Å². The van der Waals surface area contributed by atoms with Crippen molar-refractivity contribution in [2.45, 2.75) is 32.4 Å². The quantitative estimate of drug-likeness (QED) is 0.549. The lowest BCUT2D eigenvalue weighted by Crippen LogP contribution is -3.00. The van der Waals surface area contributed by atoms with Gasteiger partial charge < -0.3 is 26.5 Å². The first-order valence-electron chi connectivity index (χ1n) is 8.99. The smallest absolute Gasteiger partial charge is 0.387 e.